The highest BCUT2D eigenvalue weighted by atomic mass is 16.1. The maximum absolute atomic E-state index is 11.4. The summed E-state index contributed by atoms with van der Waals surface area (Å²) in [5, 5.41) is 2.84. The van der Waals surface area contributed by atoms with Crippen molar-refractivity contribution in [2.45, 2.75) is 32.6 Å². The lowest BCUT2D eigenvalue weighted by atomic mass is 9.86. The van der Waals surface area contributed by atoms with E-state index < -0.39 is 0 Å². The minimum absolute atomic E-state index is 0.0843. The van der Waals surface area contributed by atoms with Crippen molar-refractivity contribution in [1.82, 2.24) is 5.32 Å². The van der Waals surface area contributed by atoms with Crippen molar-refractivity contribution in [2.75, 3.05) is 6.54 Å². The second-order valence-corrected chi connectivity index (χ2v) is 4.67. The summed E-state index contributed by atoms with van der Waals surface area (Å²) < 4.78 is 0. The van der Waals surface area contributed by atoms with Gasteiger partial charge in [-0.1, -0.05) is 12.1 Å². The lowest BCUT2D eigenvalue weighted by molar-refractivity contribution is -0.122. The molecule has 1 fully saturated rings. The molecule has 1 saturated heterocycles. The van der Waals surface area contributed by atoms with Crippen LogP contribution in [0.4, 0.5) is 0 Å². The van der Waals surface area contributed by atoms with E-state index in [2.05, 4.69) is 5.32 Å². The van der Waals surface area contributed by atoms with E-state index >= 15 is 0 Å². The molecule has 1 N–H and O–H groups in total. The maximum Gasteiger partial charge on any atom is 0.220 e. The molecule has 1 aliphatic heterocycles. The largest absolute Gasteiger partial charge is 0.356 e. The van der Waals surface area contributed by atoms with Crippen LogP contribution in [0, 0.1) is 6.92 Å². The first kappa shape index (κ1) is 11.8. The smallest absolute Gasteiger partial charge is 0.220 e. The van der Waals surface area contributed by atoms with Crippen LogP contribution in [0.25, 0.3) is 0 Å². The molecule has 1 atom stereocenters. The summed E-state index contributed by atoms with van der Waals surface area (Å²) in [6.07, 6.45) is 1.53. The Bertz CT molecular complexity index is 465. The van der Waals surface area contributed by atoms with Crippen LogP contribution in [-0.2, 0) is 4.79 Å². The maximum atomic E-state index is 11.4. The molecule has 90 valence electrons. The number of rotatable bonds is 2. The third kappa shape index (κ3) is 2.54. The van der Waals surface area contributed by atoms with Gasteiger partial charge in [-0.3, -0.25) is 9.59 Å². The molecule has 0 aromatic heterocycles. The highest BCUT2D eigenvalue weighted by Crippen LogP contribution is 2.28. The molecule has 3 nitrogen and oxygen atoms in total. The van der Waals surface area contributed by atoms with Gasteiger partial charge in [-0.15, -0.1) is 0 Å². The third-order valence-electron chi connectivity index (χ3n) is 3.36. The summed E-state index contributed by atoms with van der Waals surface area (Å²) in [7, 11) is 0. The summed E-state index contributed by atoms with van der Waals surface area (Å²) in [6, 6.07) is 5.77. The number of carbonyl (C=O) groups is 2. The molecular weight excluding hydrogens is 214 g/mol. The zero-order valence-corrected chi connectivity index (χ0v) is 10.2. The number of amides is 1. The van der Waals surface area contributed by atoms with Crippen molar-refractivity contribution in [3.05, 3.63) is 34.9 Å². The summed E-state index contributed by atoms with van der Waals surface area (Å²) in [6.45, 7) is 4.33. The monoisotopic (exact) mass is 231 g/mol. The lowest BCUT2D eigenvalue weighted by Gasteiger charge is -2.24. The van der Waals surface area contributed by atoms with E-state index in [1.807, 2.05) is 25.1 Å². The summed E-state index contributed by atoms with van der Waals surface area (Å²) in [4.78, 5) is 22.6. The fourth-order valence-electron chi connectivity index (χ4n) is 2.40. The summed E-state index contributed by atoms with van der Waals surface area (Å²) in [5.41, 5.74) is 3.05. The molecule has 0 bridgehead atoms. The molecular formula is C14H17NO2. The minimum Gasteiger partial charge on any atom is -0.356 e. The van der Waals surface area contributed by atoms with Crippen LogP contribution < -0.4 is 5.32 Å². The number of Topliss-reactive ketones (excluding diaryl/α,β-unsaturated/α-hetero) is 1. The molecule has 3 heteroatoms. The average molecular weight is 231 g/mol. The van der Waals surface area contributed by atoms with Gasteiger partial charge in [0.15, 0.2) is 5.78 Å². The highest BCUT2D eigenvalue weighted by molar-refractivity contribution is 5.94. The van der Waals surface area contributed by atoms with Crippen molar-refractivity contribution in [2.24, 2.45) is 0 Å². The van der Waals surface area contributed by atoms with Crippen LogP contribution in [0.1, 0.15) is 47.2 Å². The second-order valence-electron chi connectivity index (χ2n) is 4.67. The van der Waals surface area contributed by atoms with Crippen molar-refractivity contribution in [3.63, 3.8) is 0 Å². The molecule has 17 heavy (non-hydrogen) atoms. The Kier molecular flexibility index (Phi) is 3.27. The molecule has 2 rings (SSSR count). The molecule has 1 heterocycles. The number of hydrogen-bond donors (Lipinski definition) is 1. The zero-order chi connectivity index (χ0) is 12.4. The molecule has 1 aliphatic rings. The Morgan fingerprint density at radius 2 is 2.18 bits per heavy atom. The van der Waals surface area contributed by atoms with Gasteiger partial charge in [0.05, 0.1) is 0 Å². The van der Waals surface area contributed by atoms with Crippen LogP contribution in [-0.4, -0.2) is 18.2 Å². The number of aryl methyl sites for hydroxylation is 1. The first-order valence-corrected chi connectivity index (χ1v) is 5.96. The standard InChI is InChI=1S/C14H17NO2/c1-9-7-11(10(2)16)3-4-13(9)12-5-6-15-14(17)8-12/h3-4,7,12H,5-6,8H2,1-2H3,(H,15,17). The van der Waals surface area contributed by atoms with Gasteiger partial charge >= 0.3 is 0 Å². The fraction of sp³-hybridized carbons (Fsp3) is 0.429. The van der Waals surface area contributed by atoms with Gasteiger partial charge in [0.2, 0.25) is 5.91 Å². The van der Waals surface area contributed by atoms with Gasteiger partial charge in [0.25, 0.3) is 0 Å². The molecule has 0 saturated carbocycles. The SMILES string of the molecule is CC(=O)c1ccc(C2CCNC(=O)C2)c(C)c1. The number of nitrogens with one attached hydrogen (secondary N) is 1. The topological polar surface area (TPSA) is 46.2 Å². The molecule has 1 aromatic carbocycles. The summed E-state index contributed by atoms with van der Waals surface area (Å²) >= 11 is 0. The van der Waals surface area contributed by atoms with Gasteiger partial charge in [0, 0.05) is 18.5 Å². The molecule has 0 spiro atoms. The molecule has 1 amide bonds. The van der Waals surface area contributed by atoms with E-state index in [0.29, 0.717) is 12.3 Å². The van der Waals surface area contributed by atoms with Gasteiger partial charge in [-0.05, 0) is 43.4 Å². The van der Waals surface area contributed by atoms with Crippen LogP contribution >= 0.6 is 0 Å². The third-order valence-corrected chi connectivity index (χ3v) is 3.36. The number of benzene rings is 1. The van der Waals surface area contributed by atoms with Gasteiger partial charge in [-0.25, -0.2) is 0 Å². The predicted molar refractivity (Wildman–Crippen MR) is 66.2 cm³/mol. The lowest BCUT2D eigenvalue weighted by Crippen LogP contribution is -2.32. The van der Waals surface area contributed by atoms with Crippen LogP contribution in [0.3, 0.4) is 0 Å². The Morgan fingerprint density at radius 3 is 2.76 bits per heavy atom. The Hall–Kier alpha value is -1.64. The number of piperidine rings is 1. The van der Waals surface area contributed by atoms with Crippen molar-refractivity contribution >= 4 is 11.7 Å². The first-order valence-electron chi connectivity index (χ1n) is 5.96. The Morgan fingerprint density at radius 1 is 1.41 bits per heavy atom. The zero-order valence-electron chi connectivity index (χ0n) is 10.2. The van der Waals surface area contributed by atoms with E-state index in [1.54, 1.807) is 6.92 Å². The molecule has 0 aliphatic carbocycles. The van der Waals surface area contributed by atoms with E-state index in [1.165, 1.54) is 5.56 Å². The molecule has 1 unspecified atom stereocenters. The normalized spacial score (nSPS) is 19.9. The Balaban J connectivity index is 2.26. The Labute approximate surface area is 101 Å². The van der Waals surface area contributed by atoms with Crippen molar-refractivity contribution in [1.29, 1.82) is 0 Å². The van der Waals surface area contributed by atoms with Crippen LogP contribution in [0.5, 0.6) is 0 Å². The number of carbonyl (C=O) groups excluding carboxylic acids is 2. The van der Waals surface area contributed by atoms with Crippen molar-refractivity contribution < 1.29 is 9.59 Å². The van der Waals surface area contributed by atoms with Crippen LogP contribution in [0.2, 0.25) is 0 Å². The van der Waals surface area contributed by atoms with E-state index in [0.717, 1.165) is 24.1 Å². The predicted octanol–water partition coefficient (Wildman–Crippen LogP) is 2.19. The van der Waals surface area contributed by atoms with Crippen LogP contribution in [0.15, 0.2) is 18.2 Å². The minimum atomic E-state index is 0.0843. The van der Waals surface area contributed by atoms with Gasteiger partial charge in [0.1, 0.15) is 0 Å². The highest BCUT2D eigenvalue weighted by Gasteiger charge is 2.22. The summed E-state index contributed by atoms with van der Waals surface area (Å²) in [5.74, 6) is 0.502. The molecule has 0 radical (unpaired) electrons. The number of hydrogen-bond acceptors (Lipinski definition) is 2. The number of ketones is 1. The molecule has 1 aromatic rings. The fourth-order valence-corrected chi connectivity index (χ4v) is 2.40. The van der Waals surface area contributed by atoms with Gasteiger partial charge in [-0.2, -0.15) is 0 Å². The average Bonchev–Trinajstić information content (AvgIpc) is 2.28. The first-order chi connectivity index (χ1) is 8.08. The quantitative estimate of drug-likeness (QED) is 0.793. The second kappa shape index (κ2) is 4.70. The van der Waals surface area contributed by atoms with E-state index in [-0.39, 0.29) is 11.7 Å². The van der Waals surface area contributed by atoms with E-state index in [4.69, 9.17) is 0 Å². The van der Waals surface area contributed by atoms with E-state index in [9.17, 15) is 9.59 Å². The van der Waals surface area contributed by atoms with Gasteiger partial charge < -0.3 is 5.32 Å². The van der Waals surface area contributed by atoms with Crippen molar-refractivity contribution in [3.8, 4) is 0 Å².